The molecule has 8 nitrogen and oxygen atoms in total. The SMILES string of the molecule is CC(C)(C)[C@@H](NC(=O)OCc1ccccc1)C(=O)N1CCC(N2CCOCC2=O)CC1. The zero-order chi connectivity index (χ0) is 22.4. The number of likely N-dealkylation sites (tertiary alicyclic amines) is 1. The highest BCUT2D eigenvalue weighted by molar-refractivity contribution is 5.86. The number of nitrogens with one attached hydrogen (secondary N) is 1. The molecule has 2 aliphatic rings. The Bertz CT molecular complexity index is 769. The van der Waals surface area contributed by atoms with Gasteiger partial charge in [-0.1, -0.05) is 51.1 Å². The van der Waals surface area contributed by atoms with Gasteiger partial charge in [-0.3, -0.25) is 9.59 Å². The largest absolute Gasteiger partial charge is 0.445 e. The van der Waals surface area contributed by atoms with Gasteiger partial charge in [-0.2, -0.15) is 0 Å². The fraction of sp³-hybridized carbons (Fsp3) is 0.609. The lowest BCUT2D eigenvalue weighted by Crippen LogP contribution is -2.58. The van der Waals surface area contributed by atoms with Crippen molar-refractivity contribution in [1.82, 2.24) is 15.1 Å². The van der Waals surface area contributed by atoms with Crippen molar-refractivity contribution in [3.05, 3.63) is 35.9 Å². The number of piperidine rings is 1. The molecule has 0 aromatic heterocycles. The quantitative estimate of drug-likeness (QED) is 0.772. The van der Waals surface area contributed by atoms with Gasteiger partial charge in [-0.15, -0.1) is 0 Å². The first kappa shape index (κ1) is 23.1. The maximum Gasteiger partial charge on any atom is 0.408 e. The van der Waals surface area contributed by atoms with E-state index in [-0.39, 0.29) is 31.1 Å². The molecule has 2 heterocycles. The second-order valence-electron chi connectivity index (χ2n) is 9.20. The highest BCUT2D eigenvalue weighted by Gasteiger charge is 2.38. The van der Waals surface area contributed by atoms with Gasteiger partial charge in [0.2, 0.25) is 11.8 Å². The van der Waals surface area contributed by atoms with Crippen LogP contribution in [0.15, 0.2) is 30.3 Å². The van der Waals surface area contributed by atoms with Crippen molar-refractivity contribution in [2.45, 2.75) is 52.3 Å². The third kappa shape index (κ3) is 6.19. The van der Waals surface area contributed by atoms with E-state index in [4.69, 9.17) is 9.47 Å². The van der Waals surface area contributed by atoms with Gasteiger partial charge in [0, 0.05) is 25.7 Å². The number of hydrogen-bond acceptors (Lipinski definition) is 5. The van der Waals surface area contributed by atoms with Crippen LogP contribution in [0.2, 0.25) is 0 Å². The second kappa shape index (κ2) is 10.1. The number of benzene rings is 1. The third-order valence-corrected chi connectivity index (χ3v) is 5.83. The molecular weight excluding hydrogens is 398 g/mol. The molecule has 0 unspecified atom stereocenters. The smallest absolute Gasteiger partial charge is 0.408 e. The van der Waals surface area contributed by atoms with Crippen molar-refractivity contribution < 1.29 is 23.9 Å². The molecule has 2 saturated heterocycles. The first-order chi connectivity index (χ1) is 14.8. The molecule has 3 rings (SSSR count). The predicted octanol–water partition coefficient (Wildman–Crippen LogP) is 2.18. The van der Waals surface area contributed by atoms with Crippen LogP contribution < -0.4 is 5.32 Å². The van der Waals surface area contributed by atoms with Gasteiger partial charge in [0.1, 0.15) is 19.3 Å². The Morgan fingerprint density at radius 3 is 2.45 bits per heavy atom. The Kier molecular flexibility index (Phi) is 7.54. The van der Waals surface area contributed by atoms with Crippen molar-refractivity contribution in [3.8, 4) is 0 Å². The molecule has 2 fully saturated rings. The highest BCUT2D eigenvalue weighted by atomic mass is 16.5. The Balaban J connectivity index is 1.55. The Morgan fingerprint density at radius 2 is 1.84 bits per heavy atom. The van der Waals surface area contributed by atoms with Gasteiger partial charge in [0.15, 0.2) is 0 Å². The van der Waals surface area contributed by atoms with Crippen LogP contribution in [0.3, 0.4) is 0 Å². The number of alkyl carbamates (subject to hydrolysis) is 1. The number of carbonyl (C=O) groups is 3. The molecule has 1 aromatic rings. The van der Waals surface area contributed by atoms with Crippen molar-refractivity contribution in [2.75, 3.05) is 32.8 Å². The molecule has 1 aromatic carbocycles. The summed E-state index contributed by atoms with van der Waals surface area (Å²) in [5.41, 5.74) is 0.413. The minimum atomic E-state index is -0.697. The van der Waals surface area contributed by atoms with E-state index in [0.717, 1.165) is 18.4 Å². The van der Waals surface area contributed by atoms with Gasteiger partial charge < -0.3 is 24.6 Å². The molecule has 2 aliphatic heterocycles. The fourth-order valence-corrected chi connectivity index (χ4v) is 4.03. The zero-order valence-electron chi connectivity index (χ0n) is 18.6. The molecule has 3 amide bonds. The summed E-state index contributed by atoms with van der Waals surface area (Å²) in [5, 5.41) is 2.77. The van der Waals surface area contributed by atoms with Crippen LogP contribution in [-0.2, 0) is 25.7 Å². The average Bonchev–Trinajstić information content (AvgIpc) is 2.76. The molecular formula is C23H33N3O5. The lowest BCUT2D eigenvalue weighted by molar-refractivity contribution is -0.148. The number of ether oxygens (including phenoxy) is 2. The predicted molar refractivity (Wildman–Crippen MR) is 115 cm³/mol. The van der Waals surface area contributed by atoms with Crippen molar-refractivity contribution in [1.29, 1.82) is 0 Å². The van der Waals surface area contributed by atoms with Crippen LogP contribution in [0, 0.1) is 5.41 Å². The monoisotopic (exact) mass is 431 g/mol. The normalized spacial score (nSPS) is 19.1. The highest BCUT2D eigenvalue weighted by Crippen LogP contribution is 2.25. The Morgan fingerprint density at radius 1 is 1.16 bits per heavy atom. The summed E-state index contributed by atoms with van der Waals surface area (Å²) in [7, 11) is 0. The molecule has 0 saturated carbocycles. The Labute approximate surface area is 183 Å². The van der Waals surface area contributed by atoms with E-state index < -0.39 is 17.6 Å². The van der Waals surface area contributed by atoms with Crippen molar-refractivity contribution >= 4 is 17.9 Å². The molecule has 0 bridgehead atoms. The summed E-state index contributed by atoms with van der Waals surface area (Å²) < 4.78 is 10.5. The summed E-state index contributed by atoms with van der Waals surface area (Å²) in [6, 6.07) is 8.86. The van der Waals surface area contributed by atoms with Crippen LogP contribution >= 0.6 is 0 Å². The van der Waals surface area contributed by atoms with Crippen molar-refractivity contribution in [2.24, 2.45) is 5.41 Å². The summed E-state index contributed by atoms with van der Waals surface area (Å²) >= 11 is 0. The first-order valence-electron chi connectivity index (χ1n) is 10.9. The van der Waals surface area contributed by atoms with E-state index in [0.29, 0.717) is 26.2 Å². The standard InChI is InChI=1S/C23H33N3O5/c1-23(2,3)20(24-22(29)31-15-17-7-5-4-6-8-17)21(28)25-11-9-18(10-12-25)26-13-14-30-16-19(26)27/h4-8,18,20H,9-16H2,1-3H3,(H,24,29)/t20-/m0/s1. The first-order valence-corrected chi connectivity index (χ1v) is 10.9. The van der Waals surface area contributed by atoms with Gasteiger partial charge in [0.05, 0.1) is 6.61 Å². The molecule has 1 atom stereocenters. The topological polar surface area (TPSA) is 88.2 Å². The van der Waals surface area contributed by atoms with Crippen LogP contribution in [0.4, 0.5) is 4.79 Å². The van der Waals surface area contributed by atoms with Gasteiger partial charge in [0.25, 0.3) is 0 Å². The molecule has 8 heteroatoms. The summed E-state index contributed by atoms with van der Waals surface area (Å²) in [5.74, 6) is -0.0951. The lowest BCUT2D eigenvalue weighted by atomic mass is 9.85. The molecule has 0 radical (unpaired) electrons. The minimum absolute atomic E-state index is 0.0198. The summed E-state index contributed by atoms with van der Waals surface area (Å²) in [6.07, 6.45) is 0.852. The Hall–Kier alpha value is -2.61. The zero-order valence-corrected chi connectivity index (χ0v) is 18.6. The molecule has 170 valence electrons. The van der Waals surface area contributed by atoms with Gasteiger partial charge in [-0.05, 0) is 23.8 Å². The third-order valence-electron chi connectivity index (χ3n) is 5.83. The van der Waals surface area contributed by atoms with E-state index in [2.05, 4.69) is 5.32 Å². The minimum Gasteiger partial charge on any atom is -0.445 e. The molecule has 31 heavy (non-hydrogen) atoms. The number of nitrogens with zero attached hydrogens (tertiary/aromatic N) is 2. The number of carbonyl (C=O) groups excluding carboxylic acids is 3. The van der Waals surface area contributed by atoms with Crippen LogP contribution in [0.25, 0.3) is 0 Å². The van der Waals surface area contributed by atoms with E-state index >= 15 is 0 Å². The number of morpholine rings is 1. The number of rotatable bonds is 5. The molecule has 0 spiro atoms. The van der Waals surface area contributed by atoms with Gasteiger partial charge >= 0.3 is 6.09 Å². The molecule has 0 aliphatic carbocycles. The van der Waals surface area contributed by atoms with E-state index in [1.54, 1.807) is 4.90 Å². The number of amides is 3. The molecule has 1 N–H and O–H groups in total. The lowest BCUT2D eigenvalue weighted by Gasteiger charge is -2.42. The van der Waals surface area contributed by atoms with E-state index in [1.807, 2.05) is 56.0 Å². The number of hydrogen-bond donors (Lipinski definition) is 1. The maximum absolute atomic E-state index is 13.3. The van der Waals surface area contributed by atoms with Crippen LogP contribution in [-0.4, -0.2) is 72.6 Å². The van der Waals surface area contributed by atoms with Crippen LogP contribution in [0.1, 0.15) is 39.2 Å². The summed E-state index contributed by atoms with van der Waals surface area (Å²) in [6.45, 7) is 8.34. The average molecular weight is 432 g/mol. The summed E-state index contributed by atoms with van der Waals surface area (Å²) in [4.78, 5) is 41.4. The van der Waals surface area contributed by atoms with E-state index in [9.17, 15) is 14.4 Å². The van der Waals surface area contributed by atoms with E-state index in [1.165, 1.54) is 0 Å². The fourth-order valence-electron chi connectivity index (χ4n) is 4.03. The van der Waals surface area contributed by atoms with Crippen molar-refractivity contribution in [3.63, 3.8) is 0 Å². The maximum atomic E-state index is 13.3. The van der Waals surface area contributed by atoms with Gasteiger partial charge in [-0.25, -0.2) is 4.79 Å². The van der Waals surface area contributed by atoms with Crippen LogP contribution in [0.5, 0.6) is 0 Å². The second-order valence-corrected chi connectivity index (χ2v) is 9.20.